The Balaban J connectivity index is 0.000000228. The maximum absolute atomic E-state index is 11.2. The Bertz CT molecular complexity index is 1170. The summed E-state index contributed by atoms with van der Waals surface area (Å²) in [7, 11) is -4.14. The number of aromatic nitrogens is 1. The van der Waals surface area contributed by atoms with Gasteiger partial charge in [-0.1, -0.05) is 24.3 Å². The molecule has 0 spiro atoms. The van der Waals surface area contributed by atoms with Gasteiger partial charge in [0, 0.05) is 24.2 Å². The molecule has 2 aromatic rings. The van der Waals surface area contributed by atoms with Gasteiger partial charge in [0.2, 0.25) is 0 Å². The summed E-state index contributed by atoms with van der Waals surface area (Å²) < 4.78 is 22.3. The van der Waals surface area contributed by atoms with Crippen molar-refractivity contribution in [2.24, 2.45) is 11.8 Å². The van der Waals surface area contributed by atoms with Crippen LogP contribution < -0.4 is 0 Å². The summed E-state index contributed by atoms with van der Waals surface area (Å²) in [5.74, 6) is -1.83. The van der Waals surface area contributed by atoms with E-state index in [9.17, 15) is 23.1 Å². The lowest BCUT2D eigenvalue weighted by molar-refractivity contribution is -0.136. The fourth-order valence-corrected chi connectivity index (χ4v) is 6.05. The van der Waals surface area contributed by atoms with Gasteiger partial charge < -0.3 is 15.3 Å². The minimum absolute atomic E-state index is 0.223. The van der Waals surface area contributed by atoms with Gasteiger partial charge in [0.1, 0.15) is 0 Å². The number of sulfone groups is 1. The first-order valence-electron chi connectivity index (χ1n) is 11.6. The molecule has 0 amide bonds. The van der Waals surface area contributed by atoms with Crippen molar-refractivity contribution in [3.8, 4) is 0 Å². The molecule has 3 aliphatic rings. The molecule has 3 fully saturated rings. The lowest BCUT2D eigenvalue weighted by Gasteiger charge is -2.50. The standard InChI is InChI=1S/C19H22N2O.C6H10O6S/c1-2-13-12-21-10-8-14(13)11-18(21)19(22)16-7-9-20-17-6-4-3-5-15(16)17;1-3(5(7)8)13(11,12)4(2)6(9)10/h2-7,9,13-14,18-19,22H,1,8,10-12H2;3-4H,1-2H3,(H,7,8)(H,9,10). The van der Waals surface area contributed by atoms with Crippen LogP contribution in [0.1, 0.15) is 38.4 Å². The average Bonchev–Trinajstić information content (AvgIpc) is 2.87. The van der Waals surface area contributed by atoms with Gasteiger partial charge >= 0.3 is 11.9 Å². The van der Waals surface area contributed by atoms with E-state index in [1.165, 1.54) is 6.42 Å². The Labute approximate surface area is 205 Å². The number of hydrogen-bond acceptors (Lipinski definition) is 7. The molecule has 10 heteroatoms. The van der Waals surface area contributed by atoms with Gasteiger partial charge in [-0.2, -0.15) is 0 Å². The molecule has 1 aromatic carbocycles. The molecule has 0 aliphatic carbocycles. The first-order valence-corrected chi connectivity index (χ1v) is 13.2. The van der Waals surface area contributed by atoms with Crippen LogP contribution in [0.25, 0.3) is 10.9 Å². The fraction of sp³-hybridized carbons (Fsp3) is 0.480. The second kappa shape index (κ2) is 10.8. The molecule has 35 heavy (non-hydrogen) atoms. The number of benzene rings is 1. The summed E-state index contributed by atoms with van der Waals surface area (Å²) in [6.45, 7) is 8.00. The van der Waals surface area contributed by atoms with E-state index in [1.54, 1.807) is 0 Å². The van der Waals surface area contributed by atoms with Crippen LogP contribution in [0.4, 0.5) is 0 Å². The van der Waals surface area contributed by atoms with E-state index in [4.69, 9.17) is 10.2 Å². The van der Waals surface area contributed by atoms with Crippen molar-refractivity contribution < 1.29 is 33.3 Å². The monoisotopic (exact) mass is 504 g/mol. The number of fused-ring (bicyclic) bond motifs is 4. The second-order valence-electron chi connectivity index (χ2n) is 9.16. The summed E-state index contributed by atoms with van der Waals surface area (Å²) in [5.41, 5.74) is 1.97. The third-order valence-corrected chi connectivity index (χ3v) is 9.58. The highest BCUT2D eigenvalue weighted by atomic mass is 32.2. The minimum atomic E-state index is -4.14. The van der Waals surface area contributed by atoms with Crippen molar-refractivity contribution in [3.05, 3.63) is 54.7 Å². The van der Waals surface area contributed by atoms with E-state index in [2.05, 4.69) is 28.6 Å². The quantitative estimate of drug-likeness (QED) is 0.484. The molecule has 190 valence electrons. The molecule has 7 atom stereocenters. The molecule has 0 radical (unpaired) electrons. The highest BCUT2D eigenvalue weighted by Gasteiger charge is 2.42. The van der Waals surface area contributed by atoms with Gasteiger partial charge in [-0.3, -0.25) is 19.5 Å². The molecule has 3 N–H and O–H groups in total. The lowest BCUT2D eigenvalue weighted by Crippen LogP contribution is -2.54. The Morgan fingerprint density at radius 1 is 1.14 bits per heavy atom. The average molecular weight is 505 g/mol. The van der Waals surface area contributed by atoms with Crippen LogP contribution in [-0.2, 0) is 19.4 Å². The minimum Gasteiger partial charge on any atom is -0.480 e. The van der Waals surface area contributed by atoms with Crippen LogP contribution in [0, 0.1) is 11.8 Å². The van der Waals surface area contributed by atoms with E-state index >= 15 is 0 Å². The number of aliphatic hydroxyl groups is 1. The number of aliphatic carboxylic acids is 2. The van der Waals surface area contributed by atoms with Crippen molar-refractivity contribution in [3.63, 3.8) is 0 Å². The third-order valence-electron chi connectivity index (χ3n) is 7.20. The number of aliphatic hydroxyl groups excluding tert-OH is 1. The molecule has 4 heterocycles. The highest BCUT2D eigenvalue weighted by molar-refractivity contribution is 7.94. The first-order chi connectivity index (χ1) is 16.5. The largest absolute Gasteiger partial charge is 0.480 e. The van der Waals surface area contributed by atoms with E-state index in [-0.39, 0.29) is 6.04 Å². The summed E-state index contributed by atoms with van der Waals surface area (Å²) in [5, 5.41) is 25.5. The Hall–Kier alpha value is -2.82. The predicted molar refractivity (Wildman–Crippen MR) is 132 cm³/mol. The zero-order chi connectivity index (χ0) is 25.9. The third kappa shape index (κ3) is 5.55. The molecular formula is C25H32N2O7S. The molecule has 1 aromatic heterocycles. The van der Waals surface area contributed by atoms with E-state index in [0.29, 0.717) is 11.8 Å². The Morgan fingerprint density at radius 3 is 2.31 bits per heavy atom. The SMILES string of the molecule is C=CC1CN2CCC1CC2C(O)c1ccnc2ccccc12.CC(C(=O)O)S(=O)(=O)C(C)C(=O)O. The zero-order valence-corrected chi connectivity index (χ0v) is 20.6. The van der Waals surface area contributed by atoms with Crippen molar-refractivity contribution in [2.75, 3.05) is 13.1 Å². The van der Waals surface area contributed by atoms with Crippen LogP contribution in [-0.4, -0.2) is 75.2 Å². The van der Waals surface area contributed by atoms with Crippen molar-refractivity contribution in [1.29, 1.82) is 0 Å². The number of pyridine rings is 1. The van der Waals surface area contributed by atoms with Crippen LogP contribution in [0.5, 0.6) is 0 Å². The van der Waals surface area contributed by atoms with E-state index in [0.717, 1.165) is 49.8 Å². The number of carboxylic acids is 2. The molecule has 2 bridgehead atoms. The van der Waals surface area contributed by atoms with Crippen molar-refractivity contribution >= 4 is 32.7 Å². The number of nitrogens with zero attached hydrogens (tertiary/aromatic N) is 2. The van der Waals surface area contributed by atoms with Gasteiger partial charge in [-0.25, -0.2) is 8.42 Å². The molecule has 3 aliphatic heterocycles. The van der Waals surface area contributed by atoms with Gasteiger partial charge in [-0.15, -0.1) is 6.58 Å². The molecule has 9 nitrogen and oxygen atoms in total. The van der Waals surface area contributed by atoms with Crippen LogP contribution in [0.3, 0.4) is 0 Å². The van der Waals surface area contributed by atoms with Crippen molar-refractivity contribution in [1.82, 2.24) is 9.88 Å². The molecular weight excluding hydrogens is 472 g/mol. The van der Waals surface area contributed by atoms with Crippen molar-refractivity contribution in [2.45, 2.75) is 49.3 Å². The van der Waals surface area contributed by atoms with Crippen LogP contribution >= 0.6 is 0 Å². The Kier molecular flexibility index (Phi) is 8.30. The molecule has 7 unspecified atom stereocenters. The zero-order valence-electron chi connectivity index (χ0n) is 19.8. The second-order valence-corrected chi connectivity index (χ2v) is 11.8. The van der Waals surface area contributed by atoms with Gasteiger partial charge in [0.05, 0.1) is 11.6 Å². The molecule has 0 saturated carbocycles. The Morgan fingerprint density at radius 2 is 1.77 bits per heavy atom. The summed E-state index contributed by atoms with van der Waals surface area (Å²) in [6, 6.07) is 10.3. The van der Waals surface area contributed by atoms with Crippen LogP contribution in [0.15, 0.2) is 49.2 Å². The highest BCUT2D eigenvalue weighted by Crippen LogP contribution is 2.41. The summed E-state index contributed by atoms with van der Waals surface area (Å²) in [6.07, 6.45) is 5.76. The van der Waals surface area contributed by atoms with Crippen LogP contribution in [0.2, 0.25) is 0 Å². The summed E-state index contributed by atoms with van der Waals surface area (Å²) in [4.78, 5) is 27.5. The fourth-order valence-electron chi connectivity index (χ4n) is 4.88. The first kappa shape index (κ1) is 26.8. The number of carboxylic acid groups (broad SMARTS) is 2. The lowest BCUT2D eigenvalue weighted by atomic mass is 9.73. The van der Waals surface area contributed by atoms with Gasteiger partial charge in [0.25, 0.3) is 0 Å². The smallest absolute Gasteiger partial charge is 0.321 e. The molecule has 3 saturated heterocycles. The number of piperidine rings is 3. The topological polar surface area (TPSA) is 145 Å². The van der Waals surface area contributed by atoms with E-state index < -0.39 is 38.4 Å². The van der Waals surface area contributed by atoms with Gasteiger partial charge in [-0.05, 0) is 62.8 Å². The number of hydrogen-bond donors (Lipinski definition) is 3. The predicted octanol–water partition coefficient (Wildman–Crippen LogP) is 2.51. The normalized spacial score (nSPS) is 26.1. The van der Waals surface area contributed by atoms with Gasteiger partial charge in [0.15, 0.2) is 20.3 Å². The maximum atomic E-state index is 11.2. The maximum Gasteiger partial charge on any atom is 0.321 e. The number of para-hydroxylation sites is 1. The van der Waals surface area contributed by atoms with E-state index in [1.807, 2.05) is 30.5 Å². The number of carbonyl (C=O) groups is 2. The number of rotatable bonds is 7. The molecule has 5 rings (SSSR count). The summed E-state index contributed by atoms with van der Waals surface area (Å²) >= 11 is 0.